The van der Waals surface area contributed by atoms with Crippen molar-refractivity contribution < 1.29 is 0 Å². The molecule has 1 spiro atoms. The molecule has 0 amide bonds. The Balaban J connectivity index is 1.07. The van der Waals surface area contributed by atoms with E-state index in [-0.39, 0.29) is 0 Å². The maximum atomic E-state index is 5.37. The Morgan fingerprint density at radius 3 is 1.60 bits per heavy atom. The molecule has 0 radical (unpaired) electrons. The van der Waals surface area contributed by atoms with Crippen LogP contribution in [0.15, 0.2) is 219 Å². The molecule has 2 aliphatic rings. The molecule has 4 nitrogen and oxygen atoms in total. The van der Waals surface area contributed by atoms with E-state index in [2.05, 4.69) is 170 Å². The SMILES string of the molecule is c1ccc(-c2cc(-c3cnc(-c4ccccc4)nc3)nc(-c3ccc4c(c3)C3(c5ccccc5-c5ccccc5-4)c4ccccc4-c4c3cc3ccc5cccc6ccc4c3c56)n2)cc1. The Labute approximate surface area is 375 Å². The van der Waals surface area contributed by atoms with Gasteiger partial charge in [-0.15, -0.1) is 0 Å². The maximum Gasteiger partial charge on any atom is 0.160 e. The molecule has 65 heavy (non-hydrogen) atoms. The lowest BCUT2D eigenvalue weighted by atomic mass is 9.65. The molecule has 10 aromatic carbocycles. The number of aromatic nitrogens is 4. The zero-order valence-electron chi connectivity index (χ0n) is 35.1. The smallest absolute Gasteiger partial charge is 0.160 e. The van der Waals surface area contributed by atoms with E-state index in [9.17, 15) is 0 Å². The van der Waals surface area contributed by atoms with Gasteiger partial charge in [-0.3, -0.25) is 0 Å². The highest BCUT2D eigenvalue weighted by Gasteiger charge is 2.50. The van der Waals surface area contributed by atoms with Gasteiger partial charge < -0.3 is 0 Å². The molecular weight excluding hydrogens is 789 g/mol. The van der Waals surface area contributed by atoms with E-state index in [1.807, 2.05) is 48.8 Å². The second-order valence-corrected chi connectivity index (χ2v) is 17.3. The number of hydrogen-bond donors (Lipinski definition) is 0. The van der Waals surface area contributed by atoms with Gasteiger partial charge in [0, 0.05) is 34.6 Å². The van der Waals surface area contributed by atoms with Crippen LogP contribution in [0.4, 0.5) is 0 Å². The third kappa shape index (κ3) is 5.13. The molecule has 0 N–H and O–H groups in total. The van der Waals surface area contributed by atoms with Gasteiger partial charge in [0.1, 0.15) is 0 Å². The molecule has 0 saturated heterocycles. The lowest BCUT2D eigenvalue weighted by Crippen LogP contribution is -2.29. The summed E-state index contributed by atoms with van der Waals surface area (Å²) in [4.78, 5) is 20.4. The minimum absolute atomic E-state index is 0.638. The minimum atomic E-state index is -0.696. The summed E-state index contributed by atoms with van der Waals surface area (Å²) in [6.45, 7) is 0. The Morgan fingerprint density at radius 1 is 0.308 bits per heavy atom. The summed E-state index contributed by atoms with van der Waals surface area (Å²) in [7, 11) is 0. The number of fused-ring (bicyclic) bond motifs is 13. The van der Waals surface area contributed by atoms with Crippen molar-refractivity contribution in [1.82, 2.24) is 19.9 Å². The molecule has 2 aliphatic carbocycles. The Morgan fingerprint density at radius 2 is 0.877 bits per heavy atom. The zero-order chi connectivity index (χ0) is 42.6. The average Bonchev–Trinajstić information content (AvgIpc) is 3.63. The van der Waals surface area contributed by atoms with Crippen molar-refractivity contribution in [2.45, 2.75) is 5.41 Å². The van der Waals surface area contributed by atoms with Crippen molar-refractivity contribution in [2.24, 2.45) is 0 Å². The van der Waals surface area contributed by atoms with Crippen LogP contribution in [0.5, 0.6) is 0 Å². The zero-order valence-corrected chi connectivity index (χ0v) is 35.1. The summed E-state index contributed by atoms with van der Waals surface area (Å²) in [6, 6.07) is 75.0. The van der Waals surface area contributed by atoms with Crippen LogP contribution in [0.25, 0.3) is 111 Å². The van der Waals surface area contributed by atoms with Crippen LogP contribution in [0.3, 0.4) is 0 Å². The number of hydrogen-bond acceptors (Lipinski definition) is 4. The quantitative estimate of drug-likeness (QED) is 0.166. The van der Waals surface area contributed by atoms with Crippen molar-refractivity contribution >= 4 is 32.3 Å². The van der Waals surface area contributed by atoms with Crippen LogP contribution in [-0.4, -0.2) is 19.9 Å². The second-order valence-electron chi connectivity index (χ2n) is 17.3. The molecule has 14 rings (SSSR count). The van der Waals surface area contributed by atoms with E-state index >= 15 is 0 Å². The van der Waals surface area contributed by atoms with Gasteiger partial charge in [0.05, 0.1) is 16.8 Å². The molecule has 12 aromatic rings. The first-order valence-electron chi connectivity index (χ1n) is 22.2. The van der Waals surface area contributed by atoms with Gasteiger partial charge in [-0.1, -0.05) is 188 Å². The van der Waals surface area contributed by atoms with Crippen LogP contribution < -0.4 is 0 Å². The molecule has 4 heteroatoms. The van der Waals surface area contributed by atoms with Crippen molar-refractivity contribution in [3.8, 4) is 78.7 Å². The van der Waals surface area contributed by atoms with Gasteiger partial charge in [0.2, 0.25) is 0 Å². The highest BCUT2D eigenvalue weighted by molar-refractivity contribution is 6.27. The Kier molecular flexibility index (Phi) is 7.57. The van der Waals surface area contributed by atoms with E-state index < -0.39 is 5.41 Å². The fraction of sp³-hybridized carbons (Fsp3) is 0.0164. The van der Waals surface area contributed by atoms with Crippen molar-refractivity contribution in [2.75, 3.05) is 0 Å². The molecule has 1 unspecified atom stereocenters. The van der Waals surface area contributed by atoms with Crippen LogP contribution in [0.2, 0.25) is 0 Å². The van der Waals surface area contributed by atoms with E-state index in [1.165, 1.54) is 88.0 Å². The molecule has 2 heterocycles. The third-order valence-electron chi connectivity index (χ3n) is 13.9. The predicted molar refractivity (Wildman–Crippen MR) is 265 cm³/mol. The number of nitrogens with zero attached hydrogens (tertiary/aromatic N) is 4. The van der Waals surface area contributed by atoms with E-state index in [4.69, 9.17) is 19.9 Å². The number of benzene rings is 10. The lowest BCUT2D eigenvalue weighted by Gasteiger charge is -2.36. The van der Waals surface area contributed by atoms with Crippen molar-refractivity contribution in [1.29, 1.82) is 0 Å². The molecule has 0 bridgehead atoms. The summed E-state index contributed by atoms with van der Waals surface area (Å²) >= 11 is 0. The first kappa shape index (κ1) is 35.9. The van der Waals surface area contributed by atoms with Crippen LogP contribution in [-0.2, 0) is 5.41 Å². The summed E-state index contributed by atoms with van der Waals surface area (Å²) < 4.78 is 0. The summed E-state index contributed by atoms with van der Waals surface area (Å²) in [5, 5.41) is 7.71. The molecular formula is C61H36N4. The fourth-order valence-electron chi connectivity index (χ4n) is 11.2. The molecule has 300 valence electrons. The molecule has 1 atom stereocenters. The Hall–Kier alpha value is -8.60. The normalized spacial score (nSPS) is 14.5. The standard InChI is InChI=1S/C61H36N4/c1-3-14-37(15-4-1)54-34-55(43-35-62-59(63-36-43)40-16-5-2-6-17-40)65-60(64-54)42-29-30-47-45-21-8-7-20-44(45)46-22-9-11-24-50(46)61(52(47)33-42)51-25-12-10-23-48(51)58-49-31-28-39-19-13-18-38-26-27-41(32-53(58)61)57(49)56(38)39/h1-36H. The molecule has 0 saturated carbocycles. The molecule has 2 aromatic heterocycles. The first-order chi connectivity index (χ1) is 32.2. The van der Waals surface area contributed by atoms with Gasteiger partial charge in [0.25, 0.3) is 0 Å². The summed E-state index contributed by atoms with van der Waals surface area (Å²) in [5.41, 5.74) is 17.1. The summed E-state index contributed by atoms with van der Waals surface area (Å²) in [5.74, 6) is 1.31. The Bertz CT molecular complexity index is 3860. The van der Waals surface area contributed by atoms with Gasteiger partial charge in [-0.05, 0) is 106 Å². The topological polar surface area (TPSA) is 51.6 Å². The third-order valence-corrected chi connectivity index (χ3v) is 13.9. The van der Waals surface area contributed by atoms with E-state index in [0.717, 1.165) is 33.6 Å². The lowest BCUT2D eigenvalue weighted by molar-refractivity contribution is 0.777. The van der Waals surface area contributed by atoms with Crippen molar-refractivity contribution in [3.63, 3.8) is 0 Å². The predicted octanol–water partition coefficient (Wildman–Crippen LogP) is 14.8. The monoisotopic (exact) mass is 824 g/mol. The summed E-state index contributed by atoms with van der Waals surface area (Å²) in [6.07, 6.45) is 3.75. The maximum absolute atomic E-state index is 5.37. The molecule has 0 fully saturated rings. The average molecular weight is 825 g/mol. The minimum Gasteiger partial charge on any atom is -0.236 e. The highest BCUT2D eigenvalue weighted by Crippen LogP contribution is 2.63. The fourth-order valence-corrected chi connectivity index (χ4v) is 11.2. The highest BCUT2D eigenvalue weighted by atomic mass is 14.9. The van der Waals surface area contributed by atoms with Crippen molar-refractivity contribution in [3.05, 3.63) is 241 Å². The first-order valence-corrected chi connectivity index (χ1v) is 22.2. The second kappa shape index (κ2) is 13.7. The largest absolute Gasteiger partial charge is 0.236 e. The van der Waals surface area contributed by atoms with Gasteiger partial charge in [0.15, 0.2) is 11.6 Å². The van der Waals surface area contributed by atoms with Gasteiger partial charge in [-0.25, -0.2) is 19.9 Å². The van der Waals surface area contributed by atoms with Gasteiger partial charge in [-0.2, -0.15) is 0 Å². The van der Waals surface area contributed by atoms with Crippen LogP contribution in [0.1, 0.15) is 22.3 Å². The van der Waals surface area contributed by atoms with Gasteiger partial charge >= 0.3 is 0 Å². The van der Waals surface area contributed by atoms with E-state index in [1.54, 1.807) is 0 Å². The van der Waals surface area contributed by atoms with Crippen LogP contribution in [0, 0.1) is 0 Å². The van der Waals surface area contributed by atoms with Crippen LogP contribution >= 0.6 is 0 Å². The number of rotatable bonds is 4. The van der Waals surface area contributed by atoms with E-state index in [0.29, 0.717) is 11.6 Å². The molecule has 0 aliphatic heterocycles.